The highest BCUT2D eigenvalue weighted by Crippen LogP contribution is 2.65. The van der Waals surface area contributed by atoms with Crippen molar-refractivity contribution >= 4 is 0 Å². The highest BCUT2D eigenvalue weighted by Gasteiger charge is 2.62. The largest absolute Gasteiger partial charge is 0.390 e. The van der Waals surface area contributed by atoms with Crippen LogP contribution in [0, 0.1) is 22.7 Å². The number of fused-ring (bicyclic) bond motifs is 3. The molecular weight excluding hydrogens is 272 g/mol. The summed E-state index contributed by atoms with van der Waals surface area (Å²) in [7, 11) is 0. The van der Waals surface area contributed by atoms with Gasteiger partial charge in [-0.3, -0.25) is 0 Å². The van der Waals surface area contributed by atoms with Gasteiger partial charge < -0.3 is 9.84 Å². The van der Waals surface area contributed by atoms with E-state index in [1.807, 2.05) is 6.92 Å². The molecule has 126 valence electrons. The molecule has 1 heterocycles. The van der Waals surface area contributed by atoms with Gasteiger partial charge in [-0.25, -0.2) is 0 Å². The van der Waals surface area contributed by atoms with Crippen LogP contribution in [0.15, 0.2) is 12.7 Å². The SMILES string of the molecule is C=C[C@]1(C)O[C@]2(C)CC[C@H]3C(C)(C)CCC[C@]3(C)[C@H]2CC1O. The first kappa shape index (κ1) is 16.5. The predicted octanol–water partition coefficient (Wildman–Crippen LogP) is 4.71. The van der Waals surface area contributed by atoms with Gasteiger partial charge in [-0.1, -0.05) is 33.3 Å². The zero-order valence-corrected chi connectivity index (χ0v) is 15.1. The molecule has 1 aliphatic heterocycles. The van der Waals surface area contributed by atoms with Gasteiger partial charge in [-0.15, -0.1) is 6.58 Å². The molecule has 0 aromatic heterocycles. The molecule has 2 saturated carbocycles. The summed E-state index contributed by atoms with van der Waals surface area (Å²) in [5.74, 6) is 1.19. The third-order valence-electron chi connectivity index (χ3n) is 7.72. The van der Waals surface area contributed by atoms with E-state index in [9.17, 15) is 5.11 Å². The number of aliphatic hydroxyl groups is 1. The van der Waals surface area contributed by atoms with E-state index in [1.54, 1.807) is 6.08 Å². The van der Waals surface area contributed by atoms with Gasteiger partial charge in [0.15, 0.2) is 0 Å². The van der Waals surface area contributed by atoms with Crippen molar-refractivity contribution in [1.82, 2.24) is 0 Å². The second kappa shape index (κ2) is 4.83. The second-order valence-corrected chi connectivity index (χ2v) is 9.55. The first-order chi connectivity index (χ1) is 10.1. The molecule has 2 aliphatic carbocycles. The summed E-state index contributed by atoms with van der Waals surface area (Å²) in [6.07, 6.45) is 8.50. The molecule has 1 saturated heterocycles. The quantitative estimate of drug-likeness (QED) is 0.711. The first-order valence-electron chi connectivity index (χ1n) is 9.09. The van der Waals surface area contributed by atoms with Crippen molar-refractivity contribution in [2.24, 2.45) is 22.7 Å². The molecule has 22 heavy (non-hydrogen) atoms. The molecule has 0 bridgehead atoms. The molecule has 3 rings (SSSR count). The van der Waals surface area contributed by atoms with E-state index in [0.29, 0.717) is 11.3 Å². The van der Waals surface area contributed by atoms with Gasteiger partial charge in [0, 0.05) is 0 Å². The maximum Gasteiger partial charge on any atom is 0.110 e. The van der Waals surface area contributed by atoms with E-state index in [4.69, 9.17) is 4.74 Å². The first-order valence-corrected chi connectivity index (χ1v) is 9.09. The molecule has 0 aromatic rings. The minimum atomic E-state index is -0.599. The van der Waals surface area contributed by atoms with Crippen LogP contribution in [0.5, 0.6) is 0 Å². The van der Waals surface area contributed by atoms with E-state index in [-0.39, 0.29) is 11.0 Å². The van der Waals surface area contributed by atoms with E-state index < -0.39 is 11.7 Å². The van der Waals surface area contributed by atoms with Crippen molar-refractivity contribution < 1.29 is 9.84 Å². The van der Waals surface area contributed by atoms with Gasteiger partial charge in [-0.05, 0) is 68.6 Å². The Morgan fingerprint density at radius 1 is 1.05 bits per heavy atom. The lowest BCUT2D eigenvalue weighted by atomic mass is 9.44. The van der Waals surface area contributed by atoms with Crippen LogP contribution in [-0.2, 0) is 4.74 Å². The number of aliphatic hydroxyl groups excluding tert-OH is 1. The third kappa shape index (κ3) is 2.13. The van der Waals surface area contributed by atoms with E-state index in [0.717, 1.165) is 18.8 Å². The average molecular weight is 306 g/mol. The summed E-state index contributed by atoms with van der Waals surface area (Å²) in [5.41, 5.74) is -0.0177. The third-order valence-corrected chi connectivity index (χ3v) is 7.72. The lowest BCUT2D eigenvalue weighted by molar-refractivity contribution is -0.281. The maximum absolute atomic E-state index is 10.7. The molecule has 3 aliphatic rings. The maximum atomic E-state index is 10.7. The van der Waals surface area contributed by atoms with Crippen LogP contribution in [-0.4, -0.2) is 22.4 Å². The minimum absolute atomic E-state index is 0.124. The molecule has 6 atom stereocenters. The summed E-state index contributed by atoms with van der Waals surface area (Å²) in [5, 5.41) is 10.7. The second-order valence-electron chi connectivity index (χ2n) is 9.55. The standard InChI is InChI=1S/C20H34O2/c1-7-19(5)16(21)13-15-18(4)11-8-10-17(2,3)14(18)9-12-20(15,6)22-19/h7,14-16,21H,1,8-13H2,2-6H3/t14-,15+,16?,18-,19-,20+/m0/s1. The topological polar surface area (TPSA) is 29.5 Å². The Bertz CT molecular complexity index is 470. The van der Waals surface area contributed by atoms with Crippen LogP contribution in [0.1, 0.15) is 73.1 Å². The fourth-order valence-electron chi connectivity index (χ4n) is 6.45. The molecule has 1 N–H and O–H groups in total. The molecule has 0 spiro atoms. The molecule has 2 nitrogen and oxygen atoms in total. The van der Waals surface area contributed by atoms with Gasteiger partial charge in [-0.2, -0.15) is 0 Å². The monoisotopic (exact) mass is 306 g/mol. The lowest BCUT2D eigenvalue weighted by Crippen LogP contribution is -2.65. The van der Waals surface area contributed by atoms with Crippen molar-refractivity contribution in [2.75, 3.05) is 0 Å². The summed E-state index contributed by atoms with van der Waals surface area (Å²) in [4.78, 5) is 0. The van der Waals surface area contributed by atoms with E-state index >= 15 is 0 Å². The van der Waals surface area contributed by atoms with Gasteiger partial charge in [0.1, 0.15) is 5.60 Å². The number of rotatable bonds is 1. The van der Waals surface area contributed by atoms with Crippen molar-refractivity contribution in [1.29, 1.82) is 0 Å². The molecule has 0 amide bonds. The van der Waals surface area contributed by atoms with Crippen LogP contribution in [0.25, 0.3) is 0 Å². The van der Waals surface area contributed by atoms with Crippen LogP contribution < -0.4 is 0 Å². The van der Waals surface area contributed by atoms with Gasteiger partial charge in [0.05, 0.1) is 11.7 Å². The normalized spacial score (nSPS) is 54.2. The predicted molar refractivity (Wildman–Crippen MR) is 90.7 cm³/mol. The summed E-state index contributed by atoms with van der Waals surface area (Å²) in [6, 6.07) is 0. The van der Waals surface area contributed by atoms with Crippen LogP contribution >= 0.6 is 0 Å². The van der Waals surface area contributed by atoms with Crippen molar-refractivity contribution in [3.8, 4) is 0 Å². The van der Waals surface area contributed by atoms with Crippen LogP contribution in [0.3, 0.4) is 0 Å². The Hall–Kier alpha value is -0.340. The van der Waals surface area contributed by atoms with Crippen LogP contribution in [0.4, 0.5) is 0 Å². The van der Waals surface area contributed by atoms with Crippen molar-refractivity contribution in [3.05, 3.63) is 12.7 Å². The number of hydrogen-bond donors (Lipinski definition) is 1. The Labute approximate surface area is 136 Å². The average Bonchev–Trinajstić information content (AvgIpc) is 2.40. The van der Waals surface area contributed by atoms with Gasteiger partial charge >= 0.3 is 0 Å². The Morgan fingerprint density at radius 3 is 2.36 bits per heavy atom. The molecular formula is C20H34O2. The highest BCUT2D eigenvalue weighted by atomic mass is 16.5. The Morgan fingerprint density at radius 2 is 1.73 bits per heavy atom. The molecule has 3 fully saturated rings. The summed E-state index contributed by atoms with van der Waals surface area (Å²) < 4.78 is 6.54. The molecule has 2 heteroatoms. The zero-order chi connectivity index (χ0) is 16.4. The fourth-order valence-corrected chi connectivity index (χ4v) is 6.45. The smallest absolute Gasteiger partial charge is 0.110 e. The highest BCUT2D eigenvalue weighted by molar-refractivity contribution is 5.15. The molecule has 0 aromatic carbocycles. The zero-order valence-electron chi connectivity index (χ0n) is 15.1. The molecule has 0 radical (unpaired) electrons. The van der Waals surface area contributed by atoms with Crippen LogP contribution in [0.2, 0.25) is 0 Å². The van der Waals surface area contributed by atoms with Gasteiger partial charge in [0.25, 0.3) is 0 Å². The number of ether oxygens (including phenoxy) is 1. The molecule has 1 unspecified atom stereocenters. The van der Waals surface area contributed by atoms with E-state index in [1.165, 1.54) is 25.7 Å². The number of hydrogen-bond acceptors (Lipinski definition) is 2. The summed E-state index contributed by atoms with van der Waals surface area (Å²) >= 11 is 0. The summed E-state index contributed by atoms with van der Waals surface area (Å²) in [6.45, 7) is 15.6. The Balaban J connectivity index is 1.98. The van der Waals surface area contributed by atoms with E-state index in [2.05, 4.69) is 34.3 Å². The Kier molecular flexibility index (Phi) is 3.63. The van der Waals surface area contributed by atoms with Crippen molar-refractivity contribution in [3.63, 3.8) is 0 Å². The lowest BCUT2D eigenvalue weighted by Gasteiger charge is -2.65. The minimum Gasteiger partial charge on any atom is -0.390 e. The van der Waals surface area contributed by atoms with Gasteiger partial charge in [0.2, 0.25) is 0 Å². The fraction of sp³-hybridized carbons (Fsp3) is 0.900. The van der Waals surface area contributed by atoms with Crippen molar-refractivity contribution in [2.45, 2.75) is 90.4 Å².